The average molecular weight is 285 g/mol. The number of ether oxygens (including phenoxy) is 1. The molecule has 1 aliphatic rings. The van der Waals surface area contributed by atoms with Crippen molar-refractivity contribution in [3.63, 3.8) is 0 Å². The van der Waals surface area contributed by atoms with Gasteiger partial charge >= 0.3 is 5.97 Å². The van der Waals surface area contributed by atoms with E-state index in [4.69, 9.17) is 4.74 Å². The van der Waals surface area contributed by atoms with Crippen LogP contribution in [0.15, 0.2) is 29.2 Å². The lowest BCUT2D eigenvalue weighted by Crippen LogP contribution is -2.55. The molecule has 1 aliphatic heterocycles. The summed E-state index contributed by atoms with van der Waals surface area (Å²) in [5.41, 5.74) is -1.00. The van der Waals surface area contributed by atoms with Crippen LogP contribution < -0.4 is 4.72 Å². The fourth-order valence-corrected chi connectivity index (χ4v) is 3.65. The Balaban J connectivity index is 2.36. The van der Waals surface area contributed by atoms with Gasteiger partial charge in [0.2, 0.25) is 10.0 Å². The van der Waals surface area contributed by atoms with Crippen molar-refractivity contribution >= 4 is 16.0 Å². The number of sulfonamides is 1. The molecule has 0 radical (unpaired) electrons. The number of carboxylic acids is 1. The van der Waals surface area contributed by atoms with Gasteiger partial charge in [-0.3, -0.25) is 4.79 Å². The zero-order valence-electron chi connectivity index (χ0n) is 10.4. The number of aliphatic carboxylic acids is 1. The first-order chi connectivity index (χ1) is 8.87. The van der Waals surface area contributed by atoms with Crippen LogP contribution in [0.4, 0.5) is 0 Å². The highest BCUT2D eigenvalue weighted by atomic mass is 32.2. The van der Waals surface area contributed by atoms with Gasteiger partial charge in [0.05, 0.1) is 11.5 Å². The van der Waals surface area contributed by atoms with E-state index >= 15 is 0 Å². The Morgan fingerprint density at radius 2 is 2.11 bits per heavy atom. The Kier molecular flexibility index (Phi) is 3.62. The van der Waals surface area contributed by atoms with E-state index in [9.17, 15) is 18.3 Å². The molecular weight excluding hydrogens is 270 g/mol. The molecule has 1 fully saturated rings. The molecule has 1 unspecified atom stereocenters. The van der Waals surface area contributed by atoms with Gasteiger partial charge in [0.15, 0.2) is 5.54 Å². The Morgan fingerprint density at radius 1 is 1.42 bits per heavy atom. The number of rotatable bonds is 4. The zero-order valence-corrected chi connectivity index (χ0v) is 11.2. The van der Waals surface area contributed by atoms with Crippen molar-refractivity contribution in [2.75, 3.05) is 13.2 Å². The van der Waals surface area contributed by atoms with E-state index < -0.39 is 21.5 Å². The van der Waals surface area contributed by atoms with E-state index in [0.29, 0.717) is 5.56 Å². The fourth-order valence-electron chi connectivity index (χ4n) is 2.03. The van der Waals surface area contributed by atoms with Gasteiger partial charge in [-0.25, -0.2) is 8.42 Å². The monoisotopic (exact) mass is 285 g/mol. The van der Waals surface area contributed by atoms with E-state index in [2.05, 4.69) is 4.72 Å². The molecule has 0 saturated carbocycles. The van der Waals surface area contributed by atoms with Crippen LogP contribution >= 0.6 is 0 Å². The molecule has 104 valence electrons. The molecule has 1 aromatic rings. The number of aryl methyl sites for hydroxylation is 1. The highest BCUT2D eigenvalue weighted by Gasteiger charge is 2.46. The molecule has 7 heteroatoms. The molecule has 0 aromatic heterocycles. The van der Waals surface area contributed by atoms with E-state index in [1.807, 2.05) is 0 Å². The third-order valence-corrected chi connectivity index (χ3v) is 4.84. The number of benzene rings is 1. The van der Waals surface area contributed by atoms with Crippen molar-refractivity contribution in [2.45, 2.75) is 23.8 Å². The third-order valence-electron chi connectivity index (χ3n) is 3.14. The van der Waals surface area contributed by atoms with Gasteiger partial charge in [0.25, 0.3) is 0 Å². The summed E-state index contributed by atoms with van der Waals surface area (Å²) < 4.78 is 31.9. The molecule has 2 rings (SSSR count). The van der Waals surface area contributed by atoms with Gasteiger partial charge in [-0.1, -0.05) is 18.2 Å². The van der Waals surface area contributed by atoms with Crippen molar-refractivity contribution < 1.29 is 23.1 Å². The predicted molar refractivity (Wildman–Crippen MR) is 67.3 cm³/mol. The lowest BCUT2D eigenvalue weighted by molar-refractivity contribution is -0.144. The van der Waals surface area contributed by atoms with Gasteiger partial charge in [0.1, 0.15) is 0 Å². The summed E-state index contributed by atoms with van der Waals surface area (Å²) in [5.74, 6) is -1.22. The molecule has 1 atom stereocenters. The summed E-state index contributed by atoms with van der Waals surface area (Å²) in [6.07, 6.45) is 0.118. The maximum absolute atomic E-state index is 12.3. The molecule has 1 saturated heterocycles. The van der Waals surface area contributed by atoms with E-state index in [0.717, 1.165) is 0 Å². The molecule has 1 aromatic carbocycles. The summed E-state index contributed by atoms with van der Waals surface area (Å²) >= 11 is 0. The second kappa shape index (κ2) is 4.92. The summed E-state index contributed by atoms with van der Waals surface area (Å²) in [7, 11) is -3.89. The normalized spacial score (nSPS) is 23.4. The largest absolute Gasteiger partial charge is 0.480 e. The second-order valence-electron chi connectivity index (χ2n) is 4.56. The number of nitrogens with one attached hydrogen (secondary N) is 1. The van der Waals surface area contributed by atoms with E-state index in [-0.39, 0.29) is 24.5 Å². The van der Waals surface area contributed by atoms with Crippen molar-refractivity contribution in [2.24, 2.45) is 0 Å². The summed E-state index contributed by atoms with van der Waals surface area (Å²) in [6, 6.07) is 6.43. The third kappa shape index (κ3) is 2.63. The molecule has 6 nitrogen and oxygen atoms in total. The molecule has 0 spiro atoms. The van der Waals surface area contributed by atoms with Crippen LogP contribution in [0.5, 0.6) is 0 Å². The number of hydrogen-bond donors (Lipinski definition) is 2. The van der Waals surface area contributed by atoms with Gasteiger partial charge in [0, 0.05) is 13.0 Å². The topological polar surface area (TPSA) is 92.7 Å². The molecule has 19 heavy (non-hydrogen) atoms. The van der Waals surface area contributed by atoms with Crippen molar-refractivity contribution in [1.82, 2.24) is 4.72 Å². The molecule has 0 aliphatic carbocycles. The zero-order chi connectivity index (χ0) is 14.1. The molecular formula is C12H15NO5S. The Morgan fingerprint density at radius 3 is 2.63 bits per heavy atom. The van der Waals surface area contributed by atoms with Gasteiger partial charge in [-0.05, 0) is 18.6 Å². The van der Waals surface area contributed by atoms with Crippen LogP contribution in [0.1, 0.15) is 12.0 Å². The minimum Gasteiger partial charge on any atom is -0.480 e. The number of carboxylic acid groups (broad SMARTS) is 1. The standard InChI is InChI=1S/C12H15NO5S/c1-9-4-2-3-5-10(9)19(16,17)13-12(11(14)15)6-7-18-8-12/h2-5,13H,6-8H2,1H3,(H,14,15). The van der Waals surface area contributed by atoms with Crippen LogP contribution in [0.3, 0.4) is 0 Å². The lowest BCUT2D eigenvalue weighted by atomic mass is 10.0. The van der Waals surface area contributed by atoms with Crippen molar-refractivity contribution in [1.29, 1.82) is 0 Å². The first kappa shape index (κ1) is 14.0. The van der Waals surface area contributed by atoms with E-state index in [1.54, 1.807) is 25.1 Å². The van der Waals surface area contributed by atoms with Gasteiger partial charge in [-0.15, -0.1) is 0 Å². The van der Waals surface area contributed by atoms with Crippen LogP contribution in [0, 0.1) is 6.92 Å². The van der Waals surface area contributed by atoms with Crippen molar-refractivity contribution in [3.05, 3.63) is 29.8 Å². The SMILES string of the molecule is Cc1ccccc1S(=O)(=O)NC1(C(=O)O)CCOC1. The number of hydrogen-bond acceptors (Lipinski definition) is 4. The van der Waals surface area contributed by atoms with E-state index in [1.165, 1.54) is 6.07 Å². The highest BCUT2D eigenvalue weighted by Crippen LogP contribution is 2.23. The van der Waals surface area contributed by atoms with Crippen LogP contribution in [0.25, 0.3) is 0 Å². The maximum Gasteiger partial charge on any atom is 0.327 e. The molecule has 2 N–H and O–H groups in total. The second-order valence-corrected chi connectivity index (χ2v) is 6.21. The summed E-state index contributed by atoms with van der Waals surface area (Å²) in [4.78, 5) is 11.4. The van der Waals surface area contributed by atoms with Crippen LogP contribution in [-0.4, -0.2) is 38.2 Å². The molecule has 0 amide bonds. The summed E-state index contributed by atoms with van der Waals surface area (Å²) in [6.45, 7) is 1.73. The van der Waals surface area contributed by atoms with Gasteiger partial charge < -0.3 is 9.84 Å². The highest BCUT2D eigenvalue weighted by molar-refractivity contribution is 7.89. The maximum atomic E-state index is 12.3. The lowest BCUT2D eigenvalue weighted by Gasteiger charge is -2.23. The quantitative estimate of drug-likeness (QED) is 0.841. The first-order valence-corrected chi connectivity index (χ1v) is 7.26. The van der Waals surface area contributed by atoms with Gasteiger partial charge in [-0.2, -0.15) is 4.72 Å². The molecule has 0 bridgehead atoms. The summed E-state index contributed by atoms with van der Waals surface area (Å²) in [5, 5.41) is 9.24. The first-order valence-electron chi connectivity index (χ1n) is 5.78. The average Bonchev–Trinajstić information content (AvgIpc) is 2.78. The minimum absolute atomic E-state index is 0.0857. The number of carbonyl (C=O) groups is 1. The van der Waals surface area contributed by atoms with Crippen molar-refractivity contribution in [3.8, 4) is 0 Å². The fraction of sp³-hybridized carbons (Fsp3) is 0.417. The Hall–Kier alpha value is -1.44. The molecule has 1 heterocycles. The Bertz CT molecular complexity index is 590. The van der Waals surface area contributed by atoms with Crippen LogP contribution in [-0.2, 0) is 19.6 Å². The van der Waals surface area contributed by atoms with Crippen LogP contribution in [0.2, 0.25) is 0 Å². The Labute approximate surface area is 111 Å². The minimum atomic E-state index is -3.89. The predicted octanol–water partition coefficient (Wildman–Crippen LogP) is 0.517. The smallest absolute Gasteiger partial charge is 0.327 e.